The fourth-order valence-corrected chi connectivity index (χ4v) is 3.76. The Labute approximate surface area is 107 Å². The zero-order valence-electron chi connectivity index (χ0n) is 11.8. The van der Waals surface area contributed by atoms with Crippen molar-refractivity contribution in [1.29, 1.82) is 0 Å². The molecule has 2 rings (SSSR count). The van der Waals surface area contributed by atoms with Crippen LogP contribution in [0.3, 0.4) is 0 Å². The van der Waals surface area contributed by atoms with Crippen molar-refractivity contribution in [3.63, 3.8) is 0 Å². The Balaban J connectivity index is 1.98. The van der Waals surface area contributed by atoms with Gasteiger partial charge in [-0.15, -0.1) is 0 Å². The van der Waals surface area contributed by atoms with Gasteiger partial charge in [-0.1, -0.05) is 26.2 Å². The molecule has 2 saturated carbocycles. The van der Waals surface area contributed by atoms with Gasteiger partial charge in [0.1, 0.15) is 0 Å². The van der Waals surface area contributed by atoms with E-state index in [-0.39, 0.29) is 0 Å². The van der Waals surface area contributed by atoms with E-state index in [2.05, 4.69) is 26.1 Å². The van der Waals surface area contributed by atoms with E-state index in [0.717, 1.165) is 6.61 Å². The molecule has 2 aliphatic carbocycles. The molecule has 2 nitrogen and oxygen atoms in total. The van der Waals surface area contributed by atoms with Crippen LogP contribution in [0.1, 0.15) is 65.7 Å². The first-order valence-corrected chi connectivity index (χ1v) is 7.60. The largest absolute Gasteiger partial charge is 0.378 e. The van der Waals surface area contributed by atoms with Crippen molar-refractivity contribution in [2.24, 2.45) is 5.41 Å². The summed E-state index contributed by atoms with van der Waals surface area (Å²) in [7, 11) is 0. The molecule has 0 radical (unpaired) electrons. The smallest absolute Gasteiger partial charge is 0.0661 e. The first-order valence-electron chi connectivity index (χ1n) is 7.60. The minimum Gasteiger partial charge on any atom is -0.378 e. The van der Waals surface area contributed by atoms with Gasteiger partial charge in [0.25, 0.3) is 0 Å². The highest BCUT2D eigenvalue weighted by Gasteiger charge is 2.55. The molecular formula is C15H29NO. The number of rotatable bonds is 5. The van der Waals surface area contributed by atoms with Crippen molar-refractivity contribution < 1.29 is 4.74 Å². The molecule has 100 valence electrons. The van der Waals surface area contributed by atoms with Crippen molar-refractivity contribution in [2.45, 2.75) is 83.9 Å². The Morgan fingerprint density at radius 2 is 1.94 bits per heavy atom. The van der Waals surface area contributed by atoms with Gasteiger partial charge in [0, 0.05) is 24.1 Å². The van der Waals surface area contributed by atoms with Crippen molar-refractivity contribution in [3.05, 3.63) is 0 Å². The van der Waals surface area contributed by atoms with Gasteiger partial charge < -0.3 is 10.1 Å². The second-order valence-electron chi connectivity index (χ2n) is 6.00. The summed E-state index contributed by atoms with van der Waals surface area (Å²) in [6, 6.07) is 1.37. The van der Waals surface area contributed by atoms with Gasteiger partial charge in [-0.3, -0.25) is 0 Å². The summed E-state index contributed by atoms with van der Waals surface area (Å²) in [6.07, 6.45) is 10.00. The molecule has 0 bridgehead atoms. The topological polar surface area (TPSA) is 21.3 Å². The van der Waals surface area contributed by atoms with E-state index in [4.69, 9.17) is 4.74 Å². The van der Waals surface area contributed by atoms with Crippen LogP contribution in [0, 0.1) is 5.41 Å². The molecule has 0 aromatic rings. The molecule has 0 heterocycles. The maximum atomic E-state index is 5.98. The molecule has 0 saturated heterocycles. The number of hydrogen-bond donors (Lipinski definition) is 1. The molecule has 0 aliphatic heterocycles. The maximum absolute atomic E-state index is 5.98. The van der Waals surface area contributed by atoms with Gasteiger partial charge in [-0.2, -0.15) is 0 Å². The van der Waals surface area contributed by atoms with Gasteiger partial charge in [-0.25, -0.2) is 0 Å². The van der Waals surface area contributed by atoms with Gasteiger partial charge in [-0.05, 0) is 39.5 Å². The molecule has 2 fully saturated rings. The van der Waals surface area contributed by atoms with Crippen LogP contribution in [-0.4, -0.2) is 24.8 Å². The quantitative estimate of drug-likeness (QED) is 0.793. The highest BCUT2D eigenvalue weighted by atomic mass is 16.5. The Kier molecular flexibility index (Phi) is 4.48. The number of hydrogen-bond acceptors (Lipinski definition) is 2. The lowest BCUT2D eigenvalue weighted by Gasteiger charge is -2.58. The van der Waals surface area contributed by atoms with Crippen molar-refractivity contribution in [2.75, 3.05) is 6.61 Å². The summed E-state index contributed by atoms with van der Waals surface area (Å²) in [5.74, 6) is 0. The lowest BCUT2D eigenvalue weighted by Crippen LogP contribution is -2.65. The van der Waals surface area contributed by atoms with Crippen LogP contribution in [0.15, 0.2) is 0 Å². The average molecular weight is 239 g/mol. The third-order valence-corrected chi connectivity index (χ3v) is 5.04. The summed E-state index contributed by atoms with van der Waals surface area (Å²) < 4.78 is 5.98. The molecule has 1 spiro atoms. The van der Waals surface area contributed by atoms with E-state index < -0.39 is 0 Å². The molecule has 0 aromatic heterocycles. The second kappa shape index (κ2) is 5.71. The molecule has 0 amide bonds. The highest BCUT2D eigenvalue weighted by Crippen LogP contribution is 2.53. The number of ether oxygens (including phenoxy) is 1. The first-order chi connectivity index (χ1) is 8.23. The van der Waals surface area contributed by atoms with Gasteiger partial charge in [0.05, 0.1) is 6.10 Å². The van der Waals surface area contributed by atoms with Crippen LogP contribution in [0.25, 0.3) is 0 Å². The first kappa shape index (κ1) is 13.4. The summed E-state index contributed by atoms with van der Waals surface area (Å²) in [4.78, 5) is 0. The average Bonchev–Trinajstić information content (AvgIpc) is 2.38. The maximum Gasteiger partial charge on any atom is 0.0661 e. The fraction of sp³-hybridized carbons (Fsp3) is 1.00. The molecule has 1 N–H and O–H groups in total. The predicted molar refractivity (Wildman–Crippen MR) is 72.2 cm³/mol. The van der Waals surface area contributed by atoms with Crippen LogP contribution in [0.2, 0.25) is 0 Å². The SMILES string of the molecule is CCOC1CC(NC(C)CC)C12CCCCC2. The molecule has 17 heavy (non-hydrogen) atoms. The minimum absolute atomic E-state index is 0.484. The van der Waals surface area contributed by atoms with E-state index in [1.165, 1.54) is 44.9 Å². The zero-order chi connectivity index (χ0) is 12.3. The van der Waals surface area contributed by atoms with Gasteiger partial charge in [0.2, 0.25) is 0 Å². The lowest BCUT2D eigenvalue weighted by atomic mass is 9.55. The Morgan fingerprint density at radius 1 is 1.24 bits per heavy atom. The molecule has 2 aliphatic rings. The fourth-order valence-electron chi connectivity index (χ4n) is 3.76. The standard InChI is InChI=1S/C15H29NO/c1-4-12(3)16-13-11-14(17-5-2)15(13)9-7-6-8-10-15/h12-14,16H,4-11H2,1-3H3. The van der Waals surface area contributed by atoms with Crippen molar-refractivity contribution in [3.8, 4) is 0 Å². The van der Waals surface area contributed by atoms with E-state index in [9.17, 15) is 0 Å². The Hall–Kier alpha value is -0.0800. The number of nitrogens with one attached hydrogen (secondary N) is 1. The van der Waals surface area contributed by atoms with E-state index in [1.807, 2.05) is 0 Å². The highest BCUT2D eigenvalue weighted by molar-refractivity contribution is 5.09. The van der Waals surface area contributed by atoms with Crippen LogP contribution in [0.4, 0.5) is 0 Å². The summed E-state index contributed by atoms with van der Waals surface area (Å²) in [6.45, 7) is 7.59. The summed E-state index contributed by atoms with van der Waals surface area (Å²) >= 11 is 0. The van der Waals surface area contributed by atoms with E-state index in [0.29, 0.717) is 23.6 Å². The monoisotopic (exact) mass is 239 g/mol. The molecular weight excluding hydrogens is 210 g/mol. The van der Waals surface area contributed by atoms with Crippen molar-refractivity contribution >= 4 is 0 Å². The van der Waals surface area contributed by atoms with E-state index >= 15 is 0 Å². The zero-order valence-corrected chi connectivity index (χ0v) is 11.8. The van der Waals surface area contributed by atoms with Crippen LogP contribution in [-0.2, 0) is 4.74 Å². The van der Waals surface area contributed by atoms with Crippen LogP contribution >= 0.6 is 0 Å². The summed E-state index contributed by atoms with van der Waals surface area (Å²) in [5, 5.41) is 3.83. The third kappa shape index (κ3) is 2.53. The Bertz CT molecular complexity index is 235. The molecule has 3 atom stereocenters. The lowest BCUT2D eigenvalue weighted by molar-refractivity contribution is -0.151. The second-order valence-corrected chi connectivity index (χ2v) is 6.00. The molecule has 3 unspecified atom stereocenters. The summed E-state index contributed by atoms with van der Waals surface area (Å²) in [5.41, 5.74) is 0.484. The van der Waals surface area contributed by atoms with Crippen molar-refractivity contribution in [1.82, 2.24) is 5.32 Å². The van der Waals surface area contributed by atoms with Crippen LogP contribution in [0.5, 0.6) is 0 Å². The molecule has 0 aromatic carbocycles. The third-order valence-electron chi connectivity index (χ3n) is 5.04. The molecule has 2 heteroatoms. The van der Waals surface area contributed by atoms with Gasteiger partial charge in [0.15, 0.2) is 0 Å². The minimum atomic E-state index is 0.484. The Morgan fingerprint density at radius 3 is 2.53 bits per heavy atom. The normalized spacial score (nSPS) is 33.4. The van der Waals surface area contributed by atoms with E-state index in [1.54, 1.807) is 0 Å². The van der Waals surface area contributed by atoms with Crippen LogP contribution < -0.4 is 5.32 Å². The van der Waals surface area contributed by atoms with Gasteiger partial charge >= 0.3 is 0 Å². The predicted octanol–water partition coefficient (Wildman–Crippen LogP) is 3.50.